The Morgan fingerprint density at radius 2 is 0.812 bits per heavy atom. The van der Waals surface area contributed by atoms with Crippen LogP contribution in [0.1, 0.15) is 162 Å². The molecule has 0 aromatic carbocycles. The van der Waals surface area contributed by atoms with E-state index in [1.807, 2.05) is 0 Å². The Bertz CT molecular complexity index is 406. The second kappa shape index (κ2) is 22.1. The summed E-state index contributed by atoms with van der Waals surface area (Å²) in [7, 11) is 0. The van der Waals surface area contributed by atoms with Crippen molar-refractivity contribution in [3.05, 3.63) is 12.4 Å². The summed E-state index contributed by atoms with van der Waals surface area (Å²) in [4.78, 5) is 5.16. The minimum absolute atomic E-state index is 0.637. The van der Waals surface area contributed by atoms with Crippen LogP contribution in [0.25, 0.3) is 0 Å². The first-order valence-electron chi connectivity index (χ1n) is 15.0. The lowest BCUT2D eigenvalue weighted by molar-refractivity contribution is 0.142. The molecule has 1 aliphatic rings. The van der Waals surface area contributed by atoms with Gasteiger partial charge in [-0.25, -0.2) is 0 Å². The number of rotatable bonds is 24. The van der Waals surface area contributed by atoms with Crippen molar-refractivity contribution < 1.29 is 0 Å². The van der Waals surface area contributed by atoms with E-state index in [0.717, 1.165) is 6.54 Å². The molecule has 0 aromatic heterocycles. The fraction of sp³-hybridized carbons (Fsp3) is 0.933. The summed E-state index contributed by atoms with van der Waals surface area (Å²) < 4.78 is 0. The number of hydrogen-bond acceptors (Lipinski definition) is 2. The molecule has 1 heterocycles. The first kappa shape index (κ1) is 29.4. The molecule has 190 valence electrons. The average molecular weight is 449 g/mol. The average Bonchev–Trinajstić information content (AvgIpc) is 3.20. The molecule has 0 N–H and O–H groups in total. The summed E-state index contributed by atoms with van der Waals surface area (Å²) in [5.74, 6) is 0. The largest absolute Gasteiger partial charge is 0.356 e. The van der Waals surface area contributed by atoms with Gasteiger partial charge in [-0.2, -0.15) is 0 Å². The molecule has 2 nitrogen and oxygen atoms in total. The molecule has 0 radical (unpaired) electrons. The normalized spacial score (nSPS) is 15.9. The fourth-order valence-electron chi connectivity index (χ4n) is 5.20. The Kier molecular flexibility index (Phi) is 20.3. The van der Waals surface area contributed by atoms with Gasteiger partial charge in [-0.1, -0.05) is 136 Å². The van der Waals surface area contributed by atoms with Gasteiger partial charge in [0, 0.05) is 25.5 Å². The van der Waals surface area contributed by atoms with Crippen LogP contribution < -0.4 is 0 Å². The van der Waals surface area contributed by atoms with Crippen molar-refractivity contribution in [2.24, 2.45) is 0 Å². The third-order valence-electron chi connectivity index (χ3n) is 7.42. The van der Waals surface area contributed by atoms with E-state index in [1.54, 1.807) is 0 Å². The molecule has 2 heteroatoms. The molecule has 1 atom stereocenters. The van der Waals surface area contributed by atoms with Gasteiger partial charge in [0.2, 0.25) is 0 Å². The third kappa shape index (κ3) is 15.2. The van der Waals surface area contributed by atoms with Gasteiger partial charge in [0.25, 0.3) is 0 Å². The highest BCUT2D eigenvalue weighted by atomic mass is 15.4. The topological polar surface area (TPSA) is 6.48 Å². The molecular formula is C30H60N2. The van der Waals surface area contributed by atoms with Crippen molar-refractivity contribution in [2.75, 3.05) is 13.1 Å². The smallest absolute Gasteiger partial charge is 0.101 e. The summed E-state index contributed by atoms with van der Waals surface area (Å²) in [6.07, 6.45) is 36.9. The van der Waals surface area contributed by atoms with Gasteiger partial charge in [0.1, 0.15) is 6.17 Å². The minimum Gasteiger partial charge on any atom is -0.356 e. The maximum atomic E-state index is 2.62. The van der Waals surface area contributed by atoms with Crippen LogP contribution in [-0.2, 0) is 0 Å². The second-order valence-corrected chi connectivity index (χ2v) is 10.4. The van der Waals surface area contributed by atoms with E-state index in [0.29, 0.717) is 6.17 Å². The monoisotopic (exact) mass is 448 g/mol. The molecular weight excluding hydrogens is 388 g/mol. The SMILES string of the molecule is CCCCCCCCCCCCCCCCCCCC1N(CC)C=CN1CCCCCC. The van der Waals surface area contributed by atoms with Crippen LogP contribution in [0.15, 0.2) is 12.4 Å². The number of hydrogen-bond donors (Lipinski definition) is 0. The van der Waals surface area contributed by atoms with Crippen molar-refractivity contribution in [2.45, 2.75) is 168 Å². The van der Waals surface area contributed by atoms with Crippen molar-refractivity contribution in [1.82, 2.24) is 9.80 Å². The van der Waals surface area contributed by atoms with Crippen LogP contribution in [-0.4, -0.2) is 29.1 Å². The summed E-state index contributed by atoms with van der Waals surface area (Å²) in [5.41, 5.74) is 0. The van der Waals surface area contributed by atoms with E-state index in [1.165, 1.54) is 148 Å². The lowest BCUT2D eigenvalue weighted by atomic mass is 10.0. The van der Waals surface area contributed by atoms with Gasteiger partial charge in [-0.15, -0.1) is 0 Å². The number of nitrogens with zero attached hydrogens (tertiary/aromatic N) is 2. The van der Waals surface area contributed by atoms with Gasteiger partial charge >= 0.3 is 0 Å². The van der Waals surface area contributed by atoms with Crippen molar-refractivity contribution in [3.8, 4) is 0 Å². The molecule has 0 aliphatic carbocycles. The Morgan fingerprint density at radius 3 is 1.25 bits per heavy atom. The number of unbranched alkanes of at least 4 members (excludes halogenated alkanes) is 19. The highest BCUT2D eigenvalue weighted by Gasteiger charge is 2.23. The highest BCUT2D eigenvalue weighted by molar-refractivity contribution is 4.96. The Hall–Kier alpha value is -0.660. The standard InChI is InChI=1S/C30H60N2/c1-4-7-9-11-12-13-14-15-16-17-18-19-20-21-22-23-24-26-30-31(6-3)28-29-32(30)27-25-10-8-5-2/h28-30H,4-27H2,1-3H3. The third-order valence-corrected chi connectivity index (χ3v) is 7.42. The zero-order chi connectivity index (χ0) is 23.1. The summed E-state index contributed by atoms with van der Waals surface area (Å²) in [6, 6.07) is 0. The van der Waals surface area contributed by atoms with Gasteiger partial charge in [0.05, 0.1) is 0 Å². The molecule has 0 bridgehead atoms. The zero-order valence-corrected chi connectivity index (χ0v) is 22.6. The van der Waals surface area contributed by atoms with Crippen molar-refractivity contribution in [1.29, 1.82) is 0 Å². The lowest BCUT2D eigenvalue weighted by Crippen LogP contribution is -2.38. The van der Waals surface area contributed by atoms with Crippen LogP contribution in [0.5, 0.6) is 0 Å². The van der Waals surface area contributed by atoms with Crippen LogP contribution >= 0.6 is 0 Å². The van der Waals surface area contributed by atoms with Crippen LogP contribution in [0.2, 0.25) is 0 Å². The molecule has 0 saturated heterocycles. The van der Waals surface area contributed by atoms with E-state index in [4.69, 9.17) is 0 Å². The quantitative estimate of drug-likeness (QED) is 0.135. The van der Waals surface area contributed by atoms with E-state index in [-0.39, 0.29) is 0 Å². The van der Waals surface area contributed by atoms with Crippen molar-refractivity contribution in [3.63, 3.8) is 0 Å². The molecule has 32 heavy (non-hydrogen) atoms. The van der Waals surface area contributed by atoms with Gasteiger partial charge in [0.15, 0.2) is 0 Å². The Balaban J connectivity index is 1.89. The first-order valence-corrected chi connectivity index (χ1v) is 15.0. The molecule has 1 rings (SSSR count). The summed E-state index contributed by atoms with van der Waals surface area (Å²) in [5, 5.41) is 0. The van der Waals surface area contributed by atoms with Crippen molar-refractivity contribution >= 4 is 0 Å². The van der Waals surface area contributed by atoms with Crippen LogP contribution in [0, 0.1) is 0 Å². The summed E-state index contributed by atoms with van der Waals surface area (Å²) in [6.45, 7) is 9.29. The molecule has 1 aliphatic heterocycles. The van der Waals surface area contributed by atoms with Crippen LogP contribution in [0.3, 0.4) is 0 Å². The first-order chi connectivity index (χ1) is 15.8. The predicted octanol–water partition coefficient (Wildman–Crippen LogP) is 10.0. The molecule has 1 unspecified atom stereocenters. The maximum absolute atomic E-state index is 2.62. The predicted molar refractivity (Wildman–Crippen MR) is 145 cm³/mol. The van der Waals surface area contributed by atoms with Gasteiger partial charge in [-0.05, 0) is 26.2 Å². The van der Waals surface area contributed by atoms with E-state index >= 15 is 0 Å². The van der Waals surface area contributed by atoms with Gasteiger partial charge in [-0.3, -0.25) is 0 Å². The van der Waals surface area contributed by atoms with E-state index < -0.39 is 0 Å². The lowest BCUT2D eigenvalue weighted by Gasteiger charge is -2.32. The molecule has 0 amide bonds. The van der Waals surface area contributed by atoms with Gasteiger partial charge < -0.3 is 9.80 Å². The summed E-state index contributed by atoms with van der Waals surface area (Å²) >= 11 is 0. The molecule has 0 fully saturated rings. The minimum atomic E-state index is 0.637. The fourth-order valence-corrected chi connectivity index (χ4v) is 5.20. The molecule has 0 spiro atoms. The molecule has 0 aromatic rings. The zero-order valence-electron chi connectivity index (χ0n) is 22.6. The van der Waals surface area contributed by atoms with E-state index in [9.17, 15) is 0 Å². The maximum Gasteiger partial charge on any atom is 0.101 e. The van der Waals surface area contributed by atoms with Crippen LogP contribution in [0.4, 0.5) is 0 Å². The highest BCUT2D eigenvalue weighted by Crippen LogP contribution is 2.22. The Morgan fingerprint density at radius 1 is 0.438 bits per heavy atom. The van der Waals surface area contributed by atoms with E-state index in [2.05, 4.69) is 43.0 Å². The second-order valence-electron chi connectivity index (χ2n) is 10.4. The molecule has 0 saturated carbocycles. The Labute approximate surface area is 203 Å².